The fraction of sp³-hybridized carbons (Fsp3) is 0.317. The van der Waals surface area contributed by atoms with E-state index in [1.54, 1.807) is 14.2 Å². The van der Waals surface area contributed by atoms with E-state index in [-0.39, 0.29) is 6.04 Å². The molecule has 0 fully saturated rings. The van der Waals surface area contributed by atoms with E-state index in [0.717, 1.165) is 75.8 Å². The van der Waals surface area contributed by atoms with Gasteiger partial charge in [0.1, 0.15) is 11.5 Å². The van der Waals surface area contributed by atoms with Crippen molar-refractivity contribution in [3.63, 3.8) is 0 Å². The first-order chi connectivity index (χ1) is 23.7. The van der Waals surface area contributed by atoms with Crippen LogP contribution in [0.3, 0.4) is 0 Å². The fourth-order valence-corrected chi connectivity index (χ4v) is 6.75. The second kappa shape index (κ2) is 17.0. The van der Waals surface area contributed by atoms with Crippen molar-refractivity contribution in [3.8, 4) is 11.5 Å². The summed E-state index contributed by atoms with van der Waals surface area (Å²) in [7, 11) is 3.50. The Morgan fingerprint density at radius 3 is 2.02 bits per heavy atom. The number of rotatable bonds is 16. The molecule has 6 rings (SSSR count). The second-order valence-corrected chi connectivity index (χ2v) is 12.5. The highest BCUT2D eigenvalue weighted by molar-refractivity contribution is 5.35. The zero-order valence-electron chi connectivity index (χ0n) is 28.2. The lowest BCUT2D eigenvalue weighted by Gasteiger charge is -2.36. The summed E-state index contributed by atoms with van der Waals surface area (Å²) in [4.78, 5) is 14.5. The van der Waals surface area contributed by atoms with Gasteiger partial charge < -0.3 is 14.8 Å². The van der Waals surface area contributed by atoms with Crippen molar-refractivity contribution in [3.05, 3.63) is 155 Å². The number of nitrogens with one attached hydrogen (secondary N) is 1. The summed E-state index contributed by atoms with van der Waals surface area (Å²) < 4.78 is 11.5. The number of hydrogen-bond donors (Lipinski definition) is 1. The molecule has 1 N–H and O–H groups in total. The third-order valence-corrected chi connectivity index (χ3v) is 9.25. The van der Waals surface area contributed by atoms with E-state index < -0.39 is 0 Å². The Bertz CT molecular complexity index is 1660. The Balaban J connectivity index is 1.21. The third kappa shape index (κ3) is 8.86. The van der Waals surface area contributed by atoms with Crippen LogP contribution in [0.15, 0.2) is 116 Å². The average molecular weight is 642 g/mol. The third-order valence-electron chi connectivity index (χ3n) is 9.25. The highest BCUT2D eigenvalue weighted by atomic mass is 16.5. The van der Waals surface area contributed by atoms with E-state index in [0.29, 0.717) is 0 Å². The predicted molar refractivity (Wildman–Crippen MR) is 192 cm³/mol. The molecule has 48 heavy (non-hydrogen) atoms. The molecular weight excluding hydrogens is 594 g/mol. The Labute approximate surface area is 285 Å². The molecule has 7 heteroatoms. The van der Waals surface area contributed by atoms with E-state index in [1.165, 1.54) is 39.9 Å². The van der Waals surface area contributed by atoms with Crippen molar-refractivity contribution in [2.24, 2.45) is 0 Å². The number of benzene rings is 3. The average Bonchev–Trinajstić information content (AvgIpc) is 3.14. The van der Waals surface area contributed by atoms with Gasteiger partial charge in [0.15, 0.2) is 0 Å². The van der Waals surface area contributed by atoms with Crippen LogP contribution in [0.2, 0.25) is 0 Å². The highest BCUT2D eigenvalue weighted by Crippen LogP contribution is 2.34. The van der Waals surface area contributed by atoms with Crippen LogP contribution in [0, 0.1) is 0 Å². The molecule has 0 spiro atoms. The summed E-state index contributed by atoms with van der Waals surface area (Å²) in [5.74, 6) is 1.83. The van der Waals surface area contributed by atoms with Gasteiger partial charge in [-0.2, -0.15) is 0 Å². The summed E-state index contributed by atoms with van der Waals surface area (Å²) in [5, 5.41) is 3.53. The quantitative estimate of drug-likeness (QED) is 0.121. The monoisotopic (exact) mass is 641 g/mol. The Morgan fingerprint density at radius 2 is 1.33 bits per heavy atom. The first kappa shape index (κ1) is 33.3. The smallest absolute Gasteiger partial charge is 0.123 e. The summed E-state index contributed by atoms with van der Waals surface area (Å²) in [6.07, 6.45) is 7.18. The van der Waals surface area contributed by atoms with Crippen molar-refractivity contribution >= 4 is 0 Å². The first-order valence-corrected chi connectivity index (χ1v) is 17.0. The minimum Gasteiger partial charge on any atom is -0.496 e. The van der Waals surface area contributed by atoms with Crippen LogP contribution in [-0.2, 0) is 39.1 Å². The molecule has 7 nitrogen and oxygen atoms in total. The number of hydrogen-bond acceptors (Lipinski definition) is 7. The van der Waals surface area contributed by atoms with Crippen LogP contribution in [0.5, 0.6) is 11.5 Å². The van der Waals surface area contributed by atoms with Crippen molar-refractivity contribution in [2.75, 3.05) is 27.3 Å². The van der Waals surface area contributed by atoms with Gasteiger partial charge in [-0.25, -0.2) is 0 Å². The van der Waals surface area contributed by atoms with Crippen molar-refractivity contribution in [2.45, 2.75) is 58.0 Å². The number of pyridine rings is 2. The molecule has 0 amide bonds. The SMILES string of the molecule is COc1ccccc1CN(CCN(Cc1ccc(CNCc2ccccn2)cc1)C1CCCc2cccnc21)Cc1ccccc1OC. The standard InChI is InChI=1S/C41H47N5O2/c1-47-39-17-5-3-11-35(39)30-45(31-36-12-4-6-18-40(36)48-2)25-26-46(38-16-9-13-34-14-10-24-44-41(34)38)29-33-21-19-32(20-22-33)27-42-28-37-15-7-8-23-43-37/h3-8,10-12,14-15,17-24,38,42H,9,13,16,25-31H2,1-2H3. The van der Waals surface area contributed by atoms with Gasteiger partial charge in [0.25, 0.3) is 0 Å². The maximum atomic E-state index is 5.76. The summed E-state index contributed by atoms with van der Waals surface area (Å²) in [5.41, 5.74) is 8.61. The lowest BCUT2D eigenvalue weighted by molar-refractivity contribution is 0.131. The predicted octanol–water partition coefficient (Wildman–Crippen LogP) is 7.37. The van der Waals surface area contributed by atoms with Crippen LogP contribution in [0.25, 0.3) is 0 Å². The molecular formula is C41H47N5O2. The van der Waals surface area contributed by atoms with Gasteiger partial charge in [-0.05, 0) is 66.3 Å². The van der Waals surface area contributed by atoms with Crippen LogP contribution in [0.4, 0.5) is 0 Å². The van der Waals surface area contributed by atoms with Gasteiger partial charge in [-0.15, -0.1) is 0 Å². The maximum absolute atomic E-state index is 5.76. The molecule has 5 aromatic rings. The van der Waals surface area contributed by atoms with Crippen molar-refractivity contribution < 1.29 is 9.47 Å². The minimum atomic E-state index is 0.272. The maximum Gasteiger partial charge on any atom is 0.123 e. The van der Waals surface area contributed by atoms with Gasteiger partial charge >= 0.3 is 0 Å². The van der Waals surface area contributed by atoms with E-state index >= 15 is 0 Å². The Kier molecular flexibility index (Phi) is 11.8. The first-order valence-electron chi connectivity index (χ1n) is 17.0. The molecule has 0 saturated carbocycles. The topological polar surface area (TPSA) is 62.8 Å². The number of methoxy groups -OCH3 is 2. The van der Waals surface area contributed by atoms with Crippen LogP contribution in [0.1, 0.15) is 58.1 Å². The van der Waals surface area contributed by atoms with Gasteiger partial charge in [0.05, 0.1) is 31.6 Å². The molecule has 0 aliphatic heterocycles. The molecule has 1 aliphatic carbocycles. The van der Waals surface area contributed by atoms with E-state index in [9.17, 15) is 0 Å². The lowest BCUT2D eigenvalue weighted by Crippen LogP contribution is -2.38. The number of aryl methyl sites for hydroxylation is 1. The molecule has 0 saturated heterocycles. The van der Waals surface area contributed by atoms with Crippen LogP contribution >= 0.6 is 0 Å². The number of ether oxygens (including phenoxy) is 2. The molecule has 0 radical (unpaired) electrons. The molecule has 3 aromatic carbocycles. The second-order valence-electron chi connectivity index (χ2n) is 12.5. The zero-order chi connectivity index (χ0) is 33.0. The Morgan fingerprint density at radius 1 is 0.667 bits per heavy atom. The van der Waals surface area contributed by atoms with E-state index in [4.69, 9.17) is 14.5 Å². The molecule has 248 valence electrons. The molecule has 2 heterocycles. The van der Waals surface area contributed by atoms with Gasteiger partial charge in [0, 0.05) is 69.3 Å². The minimum absolute atomic E-state index is 0.272. The Hall–Kier alpha value is -4.56. The van der Waals surface area contributed by atoms with Crippen molar-refractivity contribution in [1.29, 1.82) is 0 Å². The van der Waals surface area contributed by atoms with Gasteiger partial charge in [-0.3, -0.25) is 19.8 Å². The summed E-state index contributed by atoms with van der Waals surface area (Å²) in [6, 6.07) is 36.4. The number of nitrogens with zero attached hydrogens (tertiary/aromatic N) is 4. The zero-order valence-corrected chi connectivity index (χ0v) is 28.2. The highest BCUT2D eigenvalue weighted by Gasteiger charge is 2.28. The summed E-state index contributed by atoms with van der Waals surface area (Å²) in [6.45, 7) is 5.75. The van der Waals surface area contributed by atoms with Gasteiger partial charge in [-0.1, -0.05) is 72.8 Å². The molecule has 1 atom stereocenters. The number of aromatic nitrogens is 2. The molecule has 1 aliphatic rings. The number of para-hydroxylation sites is 2. The molecule has 2 aromatic heterocycles. The van der Waals surface area contributed by atoms with Crippen molar-refractivity contribution in [1.82, 2.24) is 25.1 Å². The van der Waals surface area contributed by atoms with Crippen LogP contribution < -0.4 is 14.8 Å². The fourth-order valence-electron chi connectivity index (χ4n) is 6.75. The normalized spacial score (nSPS) is 14.2. The van der Waals surface area contributed by atoms with Gasteiger partial charge in [0.2, 0.25) is 0 Å². The van der Waals surface area contributed by atoms with E-state index in [1.807, 2.05) is 48.8 Å². The summed E-state index contributed by atoms with van der Waals surface area (Å²) >= 11 is 0. The largest absolute Gasteiger partial charge is 0.496 e. The molecule has 1 unspecified atom stereocenters. The van der Waals surface area contributed by atoms with Crippen LogP contribution in [-0.4, -0.2) is 47.1 Å². The molecule has 0 bridgehead atoms. The lowest BCUT2D eigenvalue weighted by atomic mass is 9.90. The van der Waals surface area contributed by atoms with E-state index in [2.05, 4.69) is 86.8 Å². The number of fused-ring (bicyclic) bond motifs is 1.